The molecule has 2 unspecified atom stereocenters. The molecule has 0 bridgehead atoms. The zero-order chi connectivity index (χ0) is 29.6. The van der Waals surface area contributed by atoms with Crippen LogP contribution in [0.1, 0.15) is 83.0 Å². The van der Waals surface area contributed by atoms with Crippen molar-refractivity contribution < 1.29 is 23.9 Å². The first-order valence-electron chi connectivity index (χ1n) is 14.1. The molecule has 2 aromatic rings. The highest BCUT2D eigenvalue weighted by molar-refractivity contribution is 5.99. The third kappa shape index (κ3) is 7.99. The molecule has 2 N–H and O–H groups in total. The average molecular weight is 552 g/mol. The molecule has 218 valence electrons. The Balaban J connectivity index is 2.05. The van der Waals surface area contributed by atoms with Crippen molar-refractivity contribution in [3.8, 4) is 5.75 Å². The summed E-state index contributed by atoms with van der Waals surface area (Å²) < 4.78 is 10.7. The summed E-state index contributed by atoms with van der Waals surface area (Å²) in [5, 5.41) is 5.85. The summed E-state index contributed by atoms with van der Waals surface area (Å²) in [7, 11) is 1.59. The Hall–Kier alpha value is -3.55. The second-order valence-electron chi connectivity index (χ2n) is 12.1. The van der Waals surface area contributed by atoms with E-state index in [0.717, 1.165) is 36.0 Å². The van der Waals surface area contributed by atoms with Crippen molar-refractivity contribution in [2.75, 3.05) is 12.4 Å². The van der Waals surface area contributed by atoms with Crippen LogP contribution < -0.4 is 15.4 Å². The van der Waals surface area contributed by atoms with E-state index < -0.39 is 23.8 Å². The summed E-state index contributed by atoms with van der Waals surface area (Å²) in [6.45, 7) is 13.3. The van der Waals surface area contributed by atoms with E-state index in [0.29, 0.717) is 17.9 Å². The second kappa shape index (κ2) is 13.2. The molecule has 0 aliphatic heterocycles. The molecule has 8 nitrogen and oxygen atoms in total. The number of benzene rings is 2. The van der Waals surface area contributed by atoms with Crippen molar-refractivity contribution in [2.45, 2.75) is 97.9 Å². The van der Waals surface area contributed by atoms with Gasteiger partial charge in [0.15, 0.2) is 0 Å². The number of hydrogen-bond acceptors (Lipinski definition) is 5. The van der Waals surface area contributed by atoms with Gasteiger partial charge < -0.3 is 25.0 Å². The predicted octanol–water partition coefficient (Wildman–Crippen LogP) is 6.31. The van der Waals surface area contributed by atoms with Gasteiger partial charge in [0.05, 0.1) is 7.11 Å². The van der Waals surface area contributed by atoms with Gasteiger partial charge in [0.25, 0.3) is 5.91 Å². The fourth-order valence-corrected chi connectivity index (χ4v) is 4.88. The van der Waals surface area contributed by atoms with Crippen molar-refractivity contribution in [3.63, 3.8) is 0 Å². The van der Waals surface area contributed by atoms with Gasteiger partial charge in [0.1, 0.15) is 23.4 Å². The highest BCUT2D eigenvalue weighted by Crippen LogP contribution is 2.36. The van der Waals surface area contributed by atoms with E-state index in [4.69, 9.17) is 9.47 Å². The Bertz CT molecular complexity index is 1180. The largest absolute Gasteiger partial charge is 0.497 e. The average Bonchev–Trinajstić information content (AvgIpc) is 2.83. The van der Waals surface area contributed by atoms with Gasteiger partial charge in [-0.05, 0) is 107 Å². The van der Waals surface area contributed by atoms with Crippen LogP contribution in [0, 0.1) is 19.8 Å². The molecule has 40 heavy (non-hydrogen) atoms. The summed E-state index contributed by atoms with van der Waals surface area (Å²) in [6, 6.07) is 11.1. The van der Waals surface area contributed by atoms with Crippen LogP contribution in [0.3, 0.4) is 0 Å². The molecule has 0 radical (unpaired) electrons. The van der Waals surface area contributed by atoms with Crippen LogP contribution in [-0.4, -0.2) is 47.6 Å². The van der Waals surface area contributed by atoms with Crippen LogP contribution in [0.25, 0.3) is 0 Å². The number of aryl methyl sites for hydroxylation is 1. The van der Waals surface area contributed by atoms with E-state index in [1.165, 1.54) is 0 Å². The smallest absolute Gasteiger partial charge is 0.408 e. The number of alkyl carbamates (subject to hydrolysis) is 1. The van der Waals surface area contributed by atoms with Gasteiger partial charge in [-0.1, -0.05) is 32.0 Å². The minimum atomic E-state index is -0.880. The van der Waals surface area contributed by atoms with Gasteiger partial charge in [0.2, 0.25) is 5.91 Å². The lowest BCUT2D eigenvalue weighted by atomic mass is 9.86. The molecule has 0 heterocycles. The van der Waals surface area contributed by atoms with Crippen molar-refractivity contribution in [1.82, 2.24) is 10.2 Å². The van der Waals surface area contributed by atoms with E-state index in [1.54, 1.807) is 57.0 Å². The lowest BCUT2D eigenvalue weighted by Crippen LogP contribution is -2.57. The molecule has 2 atom stereocenters. The van der Waals surface area contributed by atoms with Gasteiger partial charge in [-0.3, -0.25) is 9.59 Å². The number of methoxy groups -OCH3 is 1. The number of rotatable bonds is 10. The number of ether oxygens (including phenoxy) is 2. The number of hydrogen-bond donors (Lipinski definition) is 2. The third-order valence-electron chi connectivity index (χ3n) is 7.24. The minimum absolute atomic E-state index is 0.117. The van der Waals surface area contributed by atoms with Gasteiger partial charge >= 0.3 is 6.09 Å². The van der Waals surface area contributed by atoms with Gasteiger partial charge in [-0.2, -0.15) is 0 Å². The summed E-state index contributed by atoms with van der Waals surface area (Å²) in [5.74, 6) is 0.222. The zero-order valence-electron chi connectivity index (χ0n) is 25.2. The van der Waals surface area contributed by atoms with Gasteiger partial charge in [-0.25, -0.2) is 4.79 Å². The molecule has 1 saturated carbocycles. The Morgan fingerprint density at radius 1 is 1.02 bits per heavy atom. The number of amides is 3. The predicted molar refractivity (Wildman–Crippen MR) is 157 cm³/mol. The molecule has 1 aliphatic carbocycles. The normalized spacial score (nSPS) is 15.0. The second-order valence-corrected chi connectivity index (χ2v) is 12.1. The molecule has 0 saturated heterocycles. The van der Waals surface area contributed by atoms with Gasteiger partial charge in [-0.15, -0.1) is 0 Å². The lowest BCUT2D eigenvalue weighted by molar-refractivity contribution is -0.146. The van der Waals surface area contributed by atoms with Gasteiger partial charge in [0, 0.05) is 11.7 Å². The van der Waals surface area contributed by atoms with E-state index in [9.17, 15) is 14.4 Å². The summed E-state index contributed by atoms with van der Waals surface area (Å²) in [5.41, 5.74) is 2.66. The Morgan fingerprint density at radius 2 is 1.68 bits per heavy atom. The number of carbonyl (C=O) groups is 3. The SMILES string of the molecule is COc1ccc(NC(=O)C(c2cccc(C)c2C)N(C(=O)C(CC(C)C)NC(=O)OC(C)(C)C)C2CCC2)cc1. The summed E-state index contributed by atoms with van der Waals surface area (Å²) >= 11 is 0. The van der Waals surface area contributed by atoms with E-state index >= 15 is 0 Å². The highest BCUT2D eigenvalue weighted by atomic mass is 16.6. The highest BCUT2D eigenvalue weighted by Gasteiger charge is 2.42. The number of anilines is 1. The van der Waals surface area contributed by atoms with E-state index in [2.05, 4.69) is 10.6 Å². The van der Waals surface area contributed by atoms with Crippen molar-refractivity contribution in [2.24, 2.45) is 5.92 Å². The first-order chi connectivity index (χ1) is 18.8. The van der Waals surface area contributed by atoms with Crippen molar-refractivity contribution >= 4 is 23.6 Å². The molecule has 0 spiro atoms. The fourth-order valence-electron chi connectivity index (χ4n) is 4.88. The topological polar surface area (TPSA) is 97.0 Å². The van der Waals surface area contributed by atoms with Crippen molar-refractivity contribution in [1.29, 1.82) is 0 Å². The van der Waals surface area contributed by atoms with Crippen LogP contribution >= 0.6 is 0 Å². The first kappa shape index (κ1) is 31.0. The molecule has 8 heteroatoms. The molecular weight excluding hydrogens is 506 g/mol. The van der Waals surface area contributed by atoms with Crippen LogP contribution in [0.4, 0.5) is 10.5 Å². The molecule has 3 rings (SSSR count). The lowest BCUT2D eigenvalue weighted by Gasteiger charge is -2.44. The maximum absolute atomic E-state index is 14.4. The quantitative estimate of drug-likeness (QED) is 0.361. The summed E-state index contributed by atoms with van der Waals surface area (Å²) in [4.78, 5) is 43.1. The maximum atomic E-state index is 14.4. The Kier molecular flexibility index (Phi) is 10.2. The molecule has 2 aromatic carbocycles. The van der Waals surface area contributed by atoms with E-state index in [-0.39, 0.29) is 23.8 Å². The monoisotopic (exact) mass is 551 g/mol. The zero-order valence-corrected chi connectivity index (χ0v) is 25.2. The standard InChI is InChI=1S/C32H45N3O5/c1-20(2)19-27(34-31(38)40-32(5,6)7)30(37)35(24-12-10-13-24)28(26-14-9-11-21(3)22(26)4)29(36)33-23-15-17-25(39-8)18-16-23/h9,11,14-18,20,24,27-28H,10,12-13,19H2,1-8H3,(H,33,36)(H,34,38). The first-order valence-corrected chi connectivity index (χ1v) is 14.1. The fraction of sp³-hybridized carbons (Fsp3) is 0.531. The maximum Gasteiger partial charge on any atom is 0.408 e. The molecule has 1 fully saturated rings. The molecule has 0 aromatic heterocycles. The minimum Gasteiger partial charge on any atom is -0.497 e. The van der Waals surface area contributed by atoms with Crippen molar-refractivity contribution in [3.05, 3.63) is 59.2 Å². The summed E-state index contributed by atoms with van der Waals surface area (Å²) in [6.07, 6.45) is 2.34. The third-order valence-corrected chi connectivity index (χ3v) is 7.24. The Morgan fingerprint density at radius 3 is 2.20 bits per heavy atom. The van der Waals surface area contributed by atoms with Crippen LogP contribution in [0.5, 0.6) is 5.75 Å². The van der Waals surface area contributed by atoms with E-state index in [1.807, 2.05) is 45.9 Å². The number of carbonyl (C=O) groups excluding carboxylic acids is 3. The van der Waals surface area contributed by atoms with Crippen LogP contribution in [0.2, 0.25) is 0 Å². The Labute approximate surface area is 238 Å². The molecule has 3 amide bonds. The van der Waals surface area contributed by atoms with Crippen LogP contribution in [-0.2, 0) is 14.3 Å². The molecule has 1 aliphatic rings. The number of nitrogens with zero attached hydrogens (tertiary/aromatic N) is 1. The van der Waals surface area contributed by atoms with Crippen LogP contribution in [0.15, 0.2) is 42.5 Å². The number of nitrogens with one attached hydrogen (secondary N) is 2. The molecular formula is C32H45N3O5.